The van der Waals surface area contributed by atoms with Gasteiger partial charge in [-0.25, -0.2) is 14.6 Å². The minimum atomic E-state index is -0.612. The van der Waals surface area contributed by atoms with Gasteiger partial charge in [0.25, 0.3) is 0 Å². The van der Waals surface area contributed by atoms with Crippen molar-refractivity contribution >= 4 is 5.97 Å². The van der Waals surface area contributed by atoms with Crippen LogP contribution in [-0.4, -0.2) is 24.3 Å². The molecule has 0 aromatic carbocycles. The van der Waals surface area contributed by atoms with Gasteiger partial charge in [0.15, 0.2) is 6.10 Å². The molecule has 0 heterocycles. The zero-order chi connectivity index (χ0) is 12.6. The van der Waals surface area contributed by atoms with Gasteiger partial charge < -0.3 is 4.74 Å². The van der Waals surface area contributed by atoms with E-state index in [-0.39, 0.29) is 5.97 Å². The second-order valence-electron chi connectivity index (χ2n) is 4.67. The number of hydrogen-bond acceptors (Lipinski definition) is 4. The van der Waals surface area contributed by atoms with Crippen LogP contribution in [0.3, 0.4) is 0 Å². The molecular formula is C12H24O4. The lowest BCUT2D eigenvalue weighted by Crippen LogP contribution is -2.33. The van der Waals surface area contributed by atoms with Crippen molar-refractivity contribution in [2.45, 2.75) is 65.6 Å². The van der Waals surface area contributed by atoms with E-state index in [1.165, 1.54) is 0 Å². The highest BCUT2D eigenvalue weighted by Crippen LogP contribution is 2.13. The third-order valence-corrected chi connectivity index (χ3v) is 1.79. The Morgan fingerprint density at radius 2 is 1.88 bits per heavy atom. The lowest BCUT2D eigenvalue weighted by atomic mass is 10.1. The predicted molar refractivity (Wildman–Crippen MR) is 61.9 cm³/mol. The van der Waals surface area contributed by atoms with Crippen LogP contribution < -0.4 is 0 Å². The second kappa shape index (κ2) is 7.63. The molecule has 96 valence electrons. The van der Waals surface area contributed by atoms with Crippen molar-refractivity contribution in [3.63, 3.8) is 0 Å². The topological polar surface area (TPSA) is 44.8 Å². The SMILES string of the molecule is CCCCC(OOCC)C(=O)OC(C)(C)C. The highest BCUT2D eigenvalue weighted by Gasteiger charge is 2.26. The number of unbranched alkanes of at least 4 members (excludes halogenated alkanes) is 1. The van der Waals surface area contributed by atoms with E-state index < -0.39 is 11.7 Å². The van der Waals surface area contributed by atoms with Gasteiger partial charge in [0, 0.05) is 0 Å². The molecule has 16 heavy (non-hydrogen) atoms. The minimum absolute atomic E-state index is 0.352. The molecule has 0 saturated heterocycles. The van der Waals surface area contributed by atoms with E-state index in [0.29, 0.717) is 13.0 Å². The molecule has 0 fully saturated rings. The van der Waals surface area contributed by atoms with E-state index in [1.54, 1.807) is 0 Å². The van der Waals surface area contributed by atoms with Crippen molar-refractivity contribution in [2.75, 3.05) is 6.61 Å². The van der Waals surface area contributed by atoms with Crippen molar-refractivity contribution in [2.24, 2.45) is 0 Å². The average Bonchev–Trinajstić information content (AvgIpc) is 2.15. The number of carbonyl (C=O) groups is 1. The summed E-state index contributed by atoms with van der Waals surface area (Å²) < 4.78 is 5.25. The van der Waals surface area contributed by atoms with Gasteiger partial charge in [-0.15, -0.1) is 0 Å². The van der Waals surface area contributed by atoms with Crippen LogP contribution in [-0.2, 0) is 19.3 Å². The van der Waals surface area contributed by atoms with Crippen molar-refractivity contribution in [3.8, 4) is 0 Å². The molecule has 0 radical (unpaired) electrons. The zero-order valence-corrected chi connectivity index (χ0v) is 11.0. The number of hydrogen-bond donors (Lipinski definition) is 0. The Hall–Kier alpha value is -0.610. The molecule has 4 nitrogen and oxygen atoms in total. The lowest BCUT2D eigenvalue weighted by molar-refractivity contribution is -0.320. The normalized spacial score (nSPS) is 13.6. The summed E-state index contributed by atoms with van der Waals surface area (Å²) in [6, 6.07) is 0. The first-order chi connectivity index (χ1) is 7.40. The summed E-state index contributed by atoms with van der Waals surface area (Å²) in [5.41, 5.74) is -0.489. The second-order valence-corrected chi connectivity index (χ2v) is 4.67. The van der Waals surface area contributed by atoms with Crippen LogP contribution in [0.4, 0.5) is 0 Å². The average molecular weight is 232 g/mol. The molecule has 0 bridgehead atoms. The van der Waals surface area contributed by atoms with E-state index in [0.717, 1.165) is 12.8 Å². The van der Waals surface area contributed by atoms with Crippen LogP contribution in [0.1, 0.15) is 53.9 Å². The van der Waals surface area contributed by atoms with Crippen LogP contribution in [0, 0.1) is 0 Å². The summed E-state index contributed by atoms with van der Waals surface area (Å²) in [4.78, 5) is 21.6. The van der Waals surface area contributed by atoms with Gasteiger partial charge in [0.05, 0.1) is 6.61 Å². The Balaban J connectivity index is 4.19. The number of carbonyl (C=O) groups excluding carboxylic acids is 1. The first-order valence-corrected chi connectivity index (χ1v) is 5.91. The molecular weight excluding hydrogens is 208 g/mol. The number of esters is 1. The minimum Gasteiger partial charge on any atom is -0.458 e. The Bertz CT molecular complexity index is 188. The molecule has 0 aromatic heterocycles. The molecule has 0 saturated carbocycles. The van der Waals surface area contributed by atoms with E-state index in [9.17, 15) is 4.79 Å². The Kier molecular flexibility index (Phi) is 7.34. The Morgan fingerprint density at radius 1 is 1.25 bits per heavy atom. The smallest absolute Gasteiger partial charge is 0.339 e. The maximum atomic E-state index is 11.7. The van der Waals surface area contributed by atoms with Gasteiger partial charge in [0.2, 0.25) is 0 Å². The van der Waals surface area contributed by atoms with E-state index in [4.69, 9.17) is 14.5 Å². The van der Waals surface area contributed by atoms with E-state index in [2.05, 4.69) is 6.92 Å². The summed E-state index contributed by atoms with van der Waals surface area (Å²) in [6.45, 7) is 9.80. The maximum absolute atomic E-state index is 11.7. The summed E-state index contributed by atoms with van der Waals surface area (Å²) in [7, 11) is 0. The van der Waals surface area contributed by atoms with Gasteiger partial charge in [-0.1, -0.05) is 19.8 Å². The molecule has 0 N–H and O–H groups in total. The summed E-state index contributed by atoms with van der Waals surface area (Å²) >= 11 is 0. The molecule has 0 rings (SSSR count). The molecule has 1 atom stereocenters. The van der Waals surface area contributed by atoms with Crippen molar-refractivity contribution in [1.29, 1.82) is 0 Å². The molecule has 1 unspecified atom stereocenters. The molecule has 0 amide bonds. The highest BCUT2D eigenvalue weighted by molar-refractivity contribution is 5.74. The van der Waals surface area contributed by atoms with Crippen molar-refractivity contribution in [1.82, 2.24) is 0 Å². The van der Waals surface area contributed by atoms with E-state index >= 15 is 0 Å². The largest absolute Gasteiger partial charge is 0.458 e. The highest BCUT2D eigenvalue weighted by atomic mass is 17.2. The van der Waals surface area contributed by atoms with Crippen LogP contribution in [0.5, 0.6) is 0 Å². The molecule has 0 aliphatic rings. The third kappa shape index (κ3) is 7.65. The monoisotopic (exact) mass is 232 g/mol. The Morgan fingerprint density at radius 3 is 2.31 bits per heavy atom. The van der Waals surface area contributed by atoms with Crippen LogP contribution in [0.15, 0.2) is 0 Å². The molecule has 0 aliphatic carbocycles. The van der Waals surface area contributed by atoms with E-state index in [1.807, 2.05) is 27.7 Å². The molecule has 4 heteroatoms. The van der Waals surface area contributed by atoms with Gasteiger partial charge in [-0.3, -0.25) is 0 Å². The van der Waals surface area contributed by atoms with Crippen LogP contribution >= 0.6 is 0 Å². The third-order valence-electron chi connectivity index (χ3n) is 1.79. The fourth-order valence-electron chi connectivity index (χ4n) is 1.11. The van der Waals surface area contributed by atoms with Gasteiger partial charge >= 0.3 is 5.97 Å². The predicted octanol–water partition coefficient (Wildman–Crippen LogP) is 2.86. The summed E-state index contributed by atoms with van der Waals surface area (Å²) in [6.07, 6.45) is 1.94. The van der Waals surface area contributed by atoms with Crippen LogP contribution in [0.25, 0.3) is 0 Å². The quantitative estimate of drug-likeness (QED) is 0.384. The first-order valence-electron chi connectivity index (χ1n) is 5.91. The van der Waals surface area contributed by atoms with Gasteiger partial charge in [0.1, 0.15) is 5.60 Å². The summed E-state index contributed by atoms with van der Waals surface area (Å²) in [5, 5.41) is 0. The van der Waals surface area contributed by atoms with Crippen LogP contribution in [0.2, 0.25) is 0 Å². The van der Waals surface area contributed by atoms with Crippen molar-refractivity contribution in [3.05, 3.63) is 0 Å². The van der Waals surface area contributed by atoms with Gasteiger partial charge in [-0.05, 0) is 34.1 Å². The van der Waals surface area contributed by atoms with Gasteiger partial charge in [-0.2, -0.15) is 0 Å². The Labute approximate surface area is 98.2 Å². The zero-order valence-electron chi connectivity index (χ0n) is 11.0. The first kappa shape index (κ1) is 15.4. The molecule has 0 spiro atoms. The summed E-state index contributed by atoms with van der Waals surface area (Å²) in [5.74, 6) is -0.352. The molecule has 0 aromatic rings. The lowest BCUT2D eigenvalue weighted by Gasteiger charge is -2.23. The fourth-order valence-corrected chi connectivity index (χ4v) is 1.11. The fraction of sp³-hybridized carbons (Fsp3) is 0.917. The maximum Gasteiger partial charge on any atom is 0.339 e. The number of ether oxygens (including phenoxy) is 1. The standard InChI is InChI=1S/C12H24O4/c1-6-8-9-10(16-14-7-2)11(13)15-12(3,4)5/h10H,6-9H2,1-5H3. The van der Waals surface area contributed by atoms with Crippen molar-refractivity contribution < 1.29 is 19.3 Å². The molecule has 0 aliphatic heterocycles. The number of rotatable bonds is 7.